The van der Waals surface area contributed by atoms with E-state index in [9.17, 15) is 17.6 Å². The van der Waals surface area contributed by atoms with Crippen LogP contribution >= 0.6 is 12.4 Å². The summed E-state index contributed by atoms with van der Waals surface area (Å²) in [5.41, 5.74) is 2.66. The van der Waals surface area contributed by atoms with Crippen molar-refractivity contribution in [3.63, 3.8) is 0 Å². The molecule has 3 N–H and O–H groups in total. The molecule has 9 nitrogen and oxygen atoms in total. The lowest BCUT2D eigenvalue weighted by Gasteiger charge is -2.34. The number of hydrogen-bond acceptors (Lipinski definition) is 7. The van der Waals surface area contributed by atoms with E-state index in [0.717, 1.165) is 0 Å². The van der Waals surface area contributed by atoms with Crippen LogP contribution in [-0.4, -0.2) is 52.4 Å². The molecule has 1 saturated heterocycles. The number of aromatic nitrogens is 3. The fraction of sp³-hybridized carbons (Fsp3) is 0.250. The number of nitrogens with one attached hydrogen (secondary N) is 2. The lowest BCUT2D eigenvalue weighted by atomic mass is 9.96. The van der Waals surface area contributed by atoms with Crippen LogP contribution in [0, 0.1) is 5.82 Å². The minimum Gasteiger partial charge on any atom is -0.317 e. The van der Waals surface area contributed by atoms with E-state index >= 15 is 0 Å². The van der Waals surface area contributed by atoms with Gasteiger partial charge < -0.3 is 5.32 Å². The second-order valence-electron chi connectivity index (χ2n) is 7.21. The first-order chi connectivity index (χ1) is 14.9. The molecule has 2 heterocycles. The van der Waals surface area contributed by atoms with Gasteiger partial charge in [0.25, 0.3) is 5.91 Å². The van der Waals surface area contributed by atoms with Crippen LogP contribution in [0.2, 0.25) is 0 Å². The molecule has 170 valence electrons. The monoisotopic (exact) mass is 481 g/mol. The molecule has 4 rings (SSSR count). The number of nitrogens with zero attached hydrogens (tertiary/aromatic N) is 3. The molecule has 1 aliphatic heterocycles. The van der Waals surface area contributed by atoms with Crippen molar-refractivity contribution in [2.24, 2.45) is 0 Å². The molecule has 1 aliphatic rings. The summed E-state index contributed by atoms with van der Waals surface area (Å²) < 4.78 is 40.2. The van der Waals surface area contributed by atoms with Gasteiger partial charge in [0.2, 0.25) is 0 Å². The average Bonchev–Trinajstić information content (AvgIpc) is 3.29. The second-order valence-corrected chi connectivity index (χ2v) is 9.47. The Morgan fingerprint density at radius 3 is 2.41 bits per heavy atom. The molecule has 32 heavy (non-hydrogen) atoms. The molecule has 1 amide bonds. The fourth-order valence-electron chi connectivity index (χ4n) is 3.74. The van der Waals surface area contributed by atoms with Gasteiger partial charge in [0, 0.05) is 5.56 Å². The normalized spacial score (nSPS) is 15.6. The van der Waals surface area contributed by atoms with Crippen molar-refractivity contribution < 1.29 is 22.8 Å². The Hall–Kier alpha value is -2.86. The average molecular weight is 482 g/mol. The number of piperidine rings is 1. The minimum absolute atomic E-state index is 0. The number of sulfone groups is 1. The van der Waals surface area contributed by atoms with Gasteiger partial charge in [-0.3, -0.25) is 10.0 Å². The SMILES string of the molecule is Cl.O=C(NO)C1(S(=O)(=O)c2ccc(-n3cc(-c4ccccc4F)nn3)cc2)CCNCC1. The summed E-state index contributed by atoms with van der Waals surface area (Å²) in [6, 6.07) is 12.0. The van der Waals surface area contributed by atoms with Gasteiger partial charge in [-0.25, -0.2) is 23.0 Å². The van der Waals surface area contributed by atoms with Gasteiger partial charge in [0.15, 0.2) is 14.6 Å². The summed E-state index contributed by atoms with van der Waals surface area (Å²) in [6.45, 7) is 0.672. The van der Waals surface area contributed by atoms with Crippen LogP contribution in [0.25, 0.3) is 16.9 Å². The summed E-state index contributed by atoms with van der Waals surface area (Å²) in [5, 5.41) is 20.1. The predicted molar refractivity (Wildman–Crippen MR) is 116 cm³/mol. The number of carbonyl (C=O) groups is 1. The molecule has 1 aromatic heterocycles. The Kier molecular flexibility index (Phi) is 6.94. The van der Waals surface area contributed by atoms with E-state index in [4.69, 9.17) is 5.21 Å². The van der Waals surface area contributed by atoms with E-state index in [1.54, 1.807) is 18.2 Å². The van der Waals surface area contributed by atoms with Crippen molar-refractivity contribution in [2.45, 2.75) is 22.5 Å². The Morgan fingerprint density at radius 2 is 1.78 bits per heavy atom. The summed E-state index contributed by atoms with van der Waals surface area (Å²) >= 11 is 0. The van der Waals surface area contributed by atoms with E-state index in [0.29, 0.717) is 30.0 Å². The maximum Gasteiger partial charge on any atom is 0.265 e. The first kappa shape index (κ1) is 23.8. The summed E-state index contributed by atoms with van der Waals surface area (Å²) in [6.07, 6.45) is 1.62. The largest absolute Gasteiger partial charge is 0.317 e. The van der Waals surface area contributed by atoms with Crippen LogP contribution in [0.5, 0.6) is 0 Å². The Morgan fingerprint density at radius 1 is 1.12 bits per heavy atom. The third-order valence-corrected chi connectivity index (χ3v) is 8.01. The summed E-state index contributed by atoms with van der Waals surface area (Å²) in [4.78, 5) is 12.3. The lowest BCUT2D eigenvalue weighted by Crippen LogP contribution is -2.57. The number of carbonyl (C=O) groups excluding carboxylic acids is 1. The predicted octanol–water partition coefficient (Wildman–Crippen LogP) is 1.90. The quantitative estimate of drug-likeness (QED) is 0.375. The van der Waals surface area contributed by atoms with Gasteiger partial charge in [0.05, 0.1) is 16.8 Å². The molecule has 0 spiro atoms. The van der Waals surface area contributed by atoms with Gasteiger partial charge in [0.1, 0.15) is 11.5 Å². The van der Waals surface area contributed by atoms with Gasteiger partial charge >= 0.3 is 0 Å². The highest BCUT2D eigenvalue weighted by Gasteiger charge is 2.51. The Balaban J connectivity index is 0.00000289. The molecule has 0 unspecified atom stereocenters. The smallest absolute Gasteiger partial charge is 0.265 e. The zero-order chi connectivity index (χ0) is 22.1. The van der Waals surface area contributed by atoms with Crippen molar-refractivity contribution in [3.05, 3.63) is 60.5 Å². The summed E-state index contributed by atoms with van der Waals surface area (Å²) in [5.74, 6) is -1.37. The standard InChI is InChI=1S/C20H20FN5O4S.ClH/c21-17-4-2-1-3-16(17)18-13-26(25-23-18)14-5-7-15(8-6-14)31(29,30)20(19(27)24-28)9-11-22-12-10-20;/h1-8,13,22,28H,9-12H2,(H,24,27);1H. The number of hydroxylamine groups is 1. The highest BCUT2D eigenvalue weighted by atomic mass is 35.5. The van der Waals surface area contributed by atoms with Crippen LogP contribution in [0.15, 0.2) is 59.6 Å². The first-order valence-electron chi connectivity index (χ1n) is 9.57. The molecule has 0 saturated carbocycles. The number of halogens is 2. The lowest BCUT2D eigenvalue weighted by molar-refractivity contribution is -0.132. The van der Waals surface area contributed by atoms with E-state index in [1.165, 1.54) is 46.7 Å². The number of hydrogen-bond donors (Lipinski definition) is 3. The molecule has 0 radical (unpaired) electrons. The molecule has 0 bridgehead atoms. The van der Waals surface area contributed by atoms with Gasteiger partial charge in [-0.15, -0.1) is 17.5 Å². The Labute approximate surface area is 189 Å². The van der Waals surface area contributed by atoms with Gasteiger partial charge in [-0.2, -0.15) is 0 Å². The van der Waals surface area contributed by atoms with Gasteiger partial charge in [-0.05, 0) is 62.3 Å². The second kappa shape index (κ2) is 9.33. The minimum atomic E-state index is -4.08. The zero-order valence-electron chi connectivity index (χ0n) is 16.7. The summed E-state index contributed by atoms with van der Waals surface area (Å²) in [7, 11) is -4.08. The molecule has 2 aromatic carbocycles. The highest BCUT2D eigenvalue weighted by Crippen LogP contribution is 2.34. The van der Waals surface area contributed by atoms with E-state index in [1.807, 2.05) is 0 Å². The topological polar surface area (TPSA) is 126 Å². The van der Waals surface area contributed by atoms with E-state index < -0.39 is 26.3 Å². The molecule has 12 heteroatoms. The Bertz CT molecular complexity index is 1210. The van der Waals surface area contributed by atoms with Gasteiger partial charge in [-0.1, -0.05) is 17.3 Å². The molecular formula is C20H21ClFN5O4S. The van der Waals surface area contributed by atoms with Crippen molar-refractivity contribution in [3.8, 4) is 16.9 Å². The number of benzene rings is 2. The van der Waals surface area contributed by atoms with Crippen molar-refractivity contribution >= 4 is 28.2 Å². The third kappa shape index (κ3) is 3.99. The highest BCUT2D eigenvalue weighted by molar-refractivity contribution is 7.93. The molecule has 3 aromatic rings. The van der Waals surface area contributed by atoms with E-state index in [-0.39, 0.29) is 30.1 Å². The van der Waals surface area contributed by atoms with Crippen LogP contribution < -0.4 is 10.8 Å². The van der Waals surface area contributed by atoms with Crippen molar-refractivity contribution in [1.82, 2.24) is 25.8 Å². The number of amides is 1. The van der Waals surface area contributed by atoms with Crippen molar-refractivity contribution in [2.75, 3.05) is 13.1 Å². The van der Waals surface area contributed by atoms with Crippen molar-refractivity contribution in [1.29, 1.82) is 0 Å². The third-order valence-electron chi connectivity index (χ3n) is 5.50. The van der Waals surface area contributed by atoms with Crippen LogP contribution in [0.1, 0.15) is 12.8 Å². The zero-order valence-corrected chi connectivity index (χ0v) is 18.4. The fourth-order valence-corrected chi connectivity index (χ4v) is 5.71. The van der Waals surface area contributed by atoms with E-state index in [2.05, 4.69) is 15.6 Å². The molecule has 0 atom stereocenters. The molecule has 1 fully saturated rings. The maximum absolute atomic E-state index is 14.0. The van der Waals surface area contributed by atoms with Crippen LogP contribution in [0.3, 0.4) is 0 Å². The molecule has 0 aliphatic carbocycles. The maximum atomic E-state index is 14.0. The first-order valence-corrected chi connectivity index (χ1v) is 11.0. The van der Waals surface area contributed by atoms with Crippen LogP contribution in [0.4, 0.5) is 4.39 Å². The van der Waals surface area contributed by atoms with Crippen LogP contribution in [-0.2, 0) is 14.6 Å². The number of rotatable bonds is 5. The molecular weight excluding hydrogens is 461 g/mol.